The Labute approximate surface area is 124 Å². The molecule has 0 unspecified atom stereocenters. The summed E-state index contributed by atoms with van der Waals surface area (Å²) >= 11 is 7.76. The van der Waals surface area contributed by atoms with Crippen LogP contribution in [0.15, 0.2) is 24.3 Å². The van der Waals surface area contributed by atoms with E-state index in [9.17, 15) is 4.39 Å². The number of hydrogen-bond donors (Lipinski definition) is 1. The standard InChI is InChI=1S/C14H11ClFN3S/c1-7-8(2)20-13-11(7)12(15)18-14(19-13)17-10-6-4-3-5-9(10)16/h3-6H,1-2H3,(H,17,18,19). The number of benzene rings is 1. The van der Waals surface area contributed by atoms with Crippen LogP contribution in [0.4, 0.5) is 16.0 Å². The second-order valence-corrected chi connectivity index (χ2v) is 5.97. The lowest BCUT2D eigenvalue weighted by Gasteiger charge is -2.06. The number of nitrogens with one attached hydrogen (secondary N) is 1. The van der Waals surface area contributed by atoms with Crippen molar-refractivity contribution >= 4 is 44.8 Å². The molecule has 3 aromatic rings. The molecule has 0 bridgehead atoms. The van der Waals surface area contributed by atoms with E-state index in [1.165, 1.54) is 6.07 Å². The summed E-state index contributed by atoms with van der Waals surface area (Å²) in [5, 5.41) is 4.11. The van der Waals surface area contributed by atoms with E-state index < -0.39 is 0 Å². The molecule has 0 aliphatic carbocycles. The van der Waals surface area contributed by atoms with Gasteiger partial charge in [-0.2, -0.15) is 0 Å². The van der Waals surface area contributed by atoms with Gasteiger partial charge in [-0.1, -0.05) is 23.7 Å². The summed E-state index contributed by atoms with van der Waals surface area (Å²) in [5.74, 6) is -0.0558. The predicted molar refractivity (Wildman–Crippen MR) is 81.6 cm³/mol. The predicted octanol–water partition coefficient (Wildman–Crippen LogP) is 4.84. The zero-order chi connectivity index (χ0) is 14.3. The van der Waals surface area contributed by atoms with Crippen LogP contribution in [-0.4, -0.2) is 9.97 Å². The van der Waals surface area contributed by atoms with Crippen LogP contribution < -0.4 is 5.32 Å². The van der Waals surface area contributed by atoms with Crippen molar-refractivity contribution in [3.63, 3.8) is 0 Å². The van der Waals surface area contributed by atoms with E-state index in [1.807, 2.05) is 13.8 Å². The Balaban J connectivity index is 2.07. The van der Waals surface area contributed by atoms with E-state index in [-0.39, 0.29) is 5.82 Å². The van der Waals surface area contributed by atoms with Gasteiger partial charge in [0.1, 0.15) is 15.8 Å². The molecule has 1 N–H and O–H groups in total. The number of para-hydroxylation sites is 1. The van der Waals surface area contributed by atoms with Crippen LogP contribution in [0.3, 0.4) is 0 Å². The van der Waals surface area contributed by atoms with Crippen molar-refractivity contribution in [2.45, 2.75) is 13.8 Å². The molecule has 0 aliphatic heterocycles. The minimum atomic E-state index is -0.356. The van der Waals surface area contributed by atoms with Gasteiger partial charge in [0.05, 0.1) is 11.1 Å². The Morgan fingerprint density at radius 3 is 2.70 bits per heavy atom. The van der Waals surface area contributed by atoms with E-state index >= 15 is 0 Å². The van der Waals surface area contributed by atoms with Gasteiger partial charge in [0.15, 0.2) is 0 Å². The van der Waals surface area contributed by atoms with Crippen LogP contribution in [0.25, 0.3) is 10.2 Å². The fraction of sp³-hybridized carbons (Fsp3) is 0.143. The van der Waals surface area contributed by atoms with E-state index in [0.29, 0.717) is 16.8 Å². The first-order valence-electron chi connectivity index (χ1n) is 6.01. The second kappa shape index (κ2) is 5.00. The molecular weight excluding hydrogens is 297 g/mol. The van der Waals surface area contributed by atoms with Crippen molar-refractivity contribution in [1.29, 1.82) is 0 Å². The van der Waals surface area contributed by atoms with Crippen LogP contribution in [0.1, 0.15) is 10.4 Å². The van der Waals surface area contributed by atoms with Crippen LogP contribution >= 0.6 is 22.9 Å². The third kappa shape index (κ3) is 2.23. The number of halogens is 2. The van der Waals surface area contributed by atoms with Gasteiger partial charge in [0.2, 0.25) is 5.95 Å². The Bertz CT molecular complexity index is 800. The van der Waals surface area contributed by atoms with E-state index in [1.54, 1.807) is 29.5 Å². The fourth-order valence-electron chi connectivity index (χ4n) is 1.94. The second-order valence-electron chi connectivity index (χ2n) is 4.41. The van der Waals surface area contributed by atoms with Crippen LogP contribution in [0.2, 0.25) is 5.15 Å². The molecule has 1 aromatic carbocycles. The number of hydrogen-bond acceptors (Lipinski definition) is 4. The summed E-state index contributed by atoms with van der Waals surface area (Å²) in [5.41, 5.74) is 1.42. The molecule has 0 aliphatic rings. The summed E-state index contributed by atoms with van der Waals surface area (Å²) < 4.78 is 13.6. The summed E-state index contributed by atoms with van der Waals surface area (Å²) in [6.07, 6.45) is 0. The highest BCUT2D eigenvalue weighted by Crippen LogP contribution is 2.34. The van der Waals surface area contributed by atoms with Gasteiger partial charge in [-0.25, -0.2) is 14.4 Å². The number of fused-ring (bicyclic) bond motifs is 1. The first-order valence-corrected chi connectivity index (χ1v) is 7.20. The van der Waals surface area contributed by atoms with Crippen molar-refractivity contribution < 1.29 is 4.39 Å². The maximum Gasteiger partial charge on any atom is 0.230 e. The Kier molecular flexibility index (Phi) is 3.31. The molecule has 20 heavy (non-hydrogen) atoms. The number of thiophene rings is 1. The average Bonchev–Trinajstić information content (AvgIpc) is 2.68. The maximum absolute atomic E-state index is 13.6. The monoisotopic (exact) mass is 307 g/mol. The molecule has 0 spiro atoms. The molecule has 0 atom stereocenters. The molecule has 3 nitrogen and oxygen atoms in total. The lowest BCUT2D eigenvalue weighted by atomic mass is 10.2. The molecule has 102 valence electrons. The molecule has 6 heteroatoms. The summed E-state index contributed by atoms with van der Waals surface area (Å²) in [6, 6.07) is 6.37. The molecule has 3 rings (SSSR count). The highest BCUT2D eigenvalue weighted by molar-refractivity contribution is 7.18. The molecule has 0 radical (unpaired) electrons. The Morgan fingerprint density at radius 2 is 1.95 bits per heavy atom. The number of aryl methyl sites for hydroxylation is 2. The van der Waals surface area contributed by atoms with E-state index in [4.69, 9.17) is 11.6 Å². The van der Waals surface area contributed by atoms with Crippen LogP contribution in [0.5, 0.6) is 0 Å². The zero-order valence-electron chi connectivity index (χ0n) is 10.9. The van der Waals surface area contributed by atoms with Crippen molar-refractivity contribution in [3.8, 4) is 0 Å². The van der Waals surface area contributed by atoms with Crippen LogP contribution in [0, 0.1) is 19.7 Å². The normalized spacial score (nSPS) is 11.0. The third-order valence-corrected chi connectivity index (χ3v) is 4.48. The third-order valence-electron chi connectivity index (χ3n) is 3.10. The fourth-order valence-corrected chi connectivity index (χ4v) is 3.34. The van der Waals surface area contributed by atoms with Crippen LogP contribution in [-0.2, 0) is 0 Å². The molecule has 2 aromatic heterocycles. The van der Waals surface area contributed by atoms with Gasteiger partial charge in [-0.3, -0.25) is 0 Å². The zero-order valence-corrected chi connectivity index (χ0v) is 12.4. The average molecular weight is 308 g/mol. The summed E-state index contributed by atoms with van der Waals surface area (Å²) in [6.45, 7) is 4.01. The van der Waals surface area contributed by atoms with E-state index in [2.05, 4.69) is 15.3 Å². The lowest BCUT2D eigenvalue weighted by Crippen LogP contribution is -1.99. The summed E-state index contributed by atoms with van der Waals surface area (Å²) in [4.78, 5) is 10.6. The molecule has 2 heterocycles. The number of anilines is 2. The lowest BCUT2D eigenvalue weighted by molar-refractivity contribution is 0.631. The van der Waals surface area contributed by atoms with Crippen molar-refractivity contribution in [2.75, 3.05) is 5.32 Å². The van der Waals surface area contributed by atoms with Crippen molar-refractivity contribution in [1.82, 2.24) is 9.97 Å². The molecule has 0 saturated heterocycles. The van der Waals surface area contributed by atoms with Gasteiger partial charge in [-0.05, 0) is 31.5 Å². The minimum Gasteiger partial charge on any atom is -0.322 e. The Morgan fingerprint density at radius 1 is 1.20 bits per heavy atom. The van der Waals surface area contributed by atoms with E-state index in [0.717, 1.165) is 20.7 Å². The first-order chi connectivity index (χ1) is 9.56. The van der Waals surface area contributed by atoms with Crippen molar-refractivity contribution in [3.05, 3.63) is 45.7 Å². The van der Waals surface area contributed by atoms with Gasteiger partial charge < -0.3 is 5.32 Å². The number of aromatic nitrogens is 2. The van der Waals surface area contributed by atoms with Crippen molar-refractivity contribution in [2.24, 2.45) is 0 Å². The smallest absolute Gasteiger partial charge is 0.230 e. The maximum atomic E-state index is 13.6. The molecule has 0 fully saturated rings. The Hall–Kier alpha value is -1.72. The molecule has 0 saturated carbocycles. The minimum absolute atomic E-state index is 0.300. The topological polar surface area (TPSA) is 37.8 Å². The highest BCUT2D eigenvalue weighted by Gasteiger charge is 2.13. The highest BCUT2D eigenvalue weighted by atomic mass is 35.5. The first kappa shape index (κ1) is 13.3. The molecule has 0 amide bonds. The van der Waals surface area contributed by atoms with Gasteiger partial charge in [0, 0.05) is 4.88 Å². The number of nitrogens with zero attached hydrogens (tertiary/aromatic N) is 2. The molecular formula is C14H11ClFN3S. The van der Waals surface area contributed by atoms with Gasteiger partial charge in [-0.15, -0.1) is 11.3 Å². The quantitative estimate of drug-likeness (QED) is 0.688. The summed E-state index contributed by atoms with van der Waals surface area (Å²) in [7, 11) is 0. The van der Waals surface area contributed by atoms with Gasteiger partial charge >= 0.3 is 0 Å². The largest absolute Gasteiger partial charge is 0.322 e. The number of rotatable bonds is 2. The van der Waals surface area contributed by atoms with Gasteiger partial charge in [0.25, 0.3) is 0 Å². The SMILES string of the molecule is Cc1sc2nc(Nc3ccccc3F)nc(Cl)c2c1C.